The molecule has 0 amide bonds. The van der Waals surface area contributed by atoms with Crippen molar-refractivity contribution in [2.45, 2.75) is 406 Å². The summed E-state index contributed by atoms with van der Waals surface area (Å²) >= 11 is 0. The topological polar surface area (TPSA) is 78.9 Å². The fraction of sp³-hybridized carbons (Fsp3) is 0.878. The van der Waals surface area contributed by atoms with Gasteiger partial charge in [0.05, 0.1) is 0 Å². The van der Waals surface area contributed by atoms with Crippen LogP contribution in [-0.4, -0.2) is 37.2 Å². The highest BCUT2D eigenvalue weighted by molar-refractivity contribution is 5.71. The second-order valence-electron chi connectivity index (χ2n) is 24.5. The van der Waals surface area contributed by atoms with Gasteiger partial charge in [-0.15, -0.1) is 0 Å². The Bertz CT molecular complexity index is 1340. The molecule has 0 rings (SSSR count). The van der Waals surface area contributed by atoms with Gasteiger partial charge in [0.1, 0.15) is 13.2 Å². The zero-order chi connectivity index (χ0) is 57.8. The summed E-state index contributed by atoms with van der Waals surface area (Å²) in [4.78, 5) is 38.4. The van der Waals surface area contributed by atoms with E-state index < -0.39 is 6.10 Å². The van der Waals surface area contributed by atoms with Crippen molar-refractivity contribution >= 4 is 17.9 Å². The number of hydrogen-bond acceptors (Lipinski definition) is 6. The Morgan fingerprint density at radius 3 is 0.713 bits per heavy atom. The minimum absolute atomic E-state index is 0.0707. The number of allylic oxidation sites excluding steroid dienone is 6. The maximum atomic E-state index is 13.0. The van der Waals surface area contributed by atoms with Crippen LogP contribution in [0.3, 0.4) is 0 Å². The lowest BCUT2D eigenvalue weighted by atomic mass is 10.0. The van der Waals surface area contributed by atoms with E-state index in [1.54, 1.807) is 0 Å². The van der Waals surface area contributed by atoms with Crippen molar-refractivity contribution in [2.24, 2.45) is 0 Å². The Hall–Kier alpha value is -2.37. The Balaban J connectivity index is 4.22. The van der Waals surface area contributed by atoms with E-state index in [9.17, 15) is 14.4 Å². The van der Waals surface area contributed by atoms with E-state index in [2.05, 4.69) is 57.2 Å². The van der Waals surface area contributed by atoms with Crippen molar-refractivity contribution < 1.29 is 28.6 Å². The molecule has 1 unspecified atom stereocenters. The largest absolute Gasteiger partial charge is 0.462 e. The summed E-state index contributed by atoms with van der Waals surface area (Å²) in [7, 11) is 0. The summed E-state index contributed by atoms with van der Waals surface area (Å²) in [6.45, 7) is 6.68. The number of esters is 3. The molecule has 80 heavy (non-hydrogen) atoms. The van der Waals surface area contributed by atoms with E-state index in [1.165, 1.54) is 289 Å². The Morgan fingerprint density at radius 1 is 0.250 bits per heavy atom. The number of carbonyl (C=O) groups is 3. The molecule has 6 nitrogen and oxygen atoms in total. The van der Waals surface area contributed by atoms with Gasteiger partial charge in [0, 0.05) is 19.3 Å². The Labute approximate surface area is 499 Å². The standard InChI is InChI=1S/C74H138O6/c1-4-7-10-13-16-19-22-25-27-29-31-33-35-36-37-39-40-42-44-46-49-52-55-58-61-64-67-73(76)79-70-71(69-78-72(75)66-63-60-57-54-51-48-24-21-18-15-12-9-6-3)80-74(77)68-65-62-59-56-53-50-47-45-43-41-38-34-32-30-28-26-23-20-17-14-11-8-5-2/h21,23-24,26,30,32,71H,4-20,22,25,27-29,31,33-70H2,1-3H3/b24-21-,26-23-,32-30-. The van der Waals surface area contributed by atoms with Crippen LogP contribution in [0.5, 0.6) is 0 Å². The second-order valence-corrected chi connectivity index (χ2v) is 24.5. The first-order chi connectivity index (χ1) is 39.5. The molecule has 0 aliphatic heterocycles. The third-order valence-corrected chi connectivity index (χ3v) is 16.4. The highest BCUT2D eigenvalue weighted by atomic mass is 16.6. The summed E-state index contributed by atoms with van der Waals surface area (Å²) in [5, 5.41) is 0. The normalized spacial score (nSPS) is 12.2. The summed E-state index contributed by atoms with van der Waals surface area (Å²) in [5.74, 6) is -0.853. The Kier molecular flexibility index (Phi) is 67.1. The van der Waals surface area contributed by atoms with Crippen LogP contribution in [-0.2, 0) is 28.6 Å². The molecule has 1 atom stereocenters. The maximum Gasteiger partial charge on any atom is 0.306 e. The summed E-state index contributed by atoms with van der Waals surface area (Å²) in [6, 6.07) is 0. The van der Waals surface area contributed by atoms with Gasteiger partial charge in [0.25, 0.3) is 0 Å². The van der Waals surface area contributed by atoms with E-state index >= 15 is 0 Å². The Morgan fingerprint density at radius 2 is 0.450 bits per heavy atom. The van der Waals surface area contributed by atoms with Gasteiger partial charge in [-0.05, 0) is 77.0 Å². The molecule has 0 radical (unpaired) electrons. The smallest absolute Gasteiger partial charge is 0.306 e. The number of unbranched alkanes of at least 4 members (excludes halogenated alkanes) is 50. The lowest BCUT2D eigenvalue weighted by Gasteiger charge is -2.18. The van der Waals surface area contributed by atoms with Gasteiger partial charge >= 0.3 is 17.9 Å². The van der Waals surface area contributed by atoms with Crippen LogP contribution >= 0.6 is 0 Å². The molecule has 0 bridgehead atoms. The monoisotopic (exact) mass is 1120 g/mol. The predicted octanol–water partition coefficient (Wildman–Crippen LogP) is 24.7. The van der Waals surface area contributed by atoms with Crippen molar-refractivity contribution in [1.29, 1.82) is 0 Å². The van der Waals surface area contributed by atoms with Gasteiger partial charge < -0.3 is 14.2 Å². The van der Waals surface area contributed by atoms with E-state index in [4.69, 9.17) is 14.2 Å². The summed E-state index contributed by atoms with van der Waals surface area (Å²) in [5.41, 5.74) is 0. The van der Waals surface area contributed by atoms with Crippen molar-refractivity contribution in [1.82, 2.24) is 0 Å². The van der Waals surface area contributed by atoms with E-state index in [0.717, 1.165) is 70.6 Å². The fourth-order valence-electron chi connectivity index (χ4n) is 10.9. The van der Waals surface area contributed by atoms with Crippen molar-refractivity contribution in [2.75, 3.05) is 13.2 Å². The average Bonchev–Trinajstić information content (AvgIpc) is 3.46. The van der Waals surface area contributed by atoms with Crippen LogP contribution in [0.2, 0.25) is 0 Å². The summed E-state index contributed by atoms with van der Waals surface area (Å²) in [6.07, 6.45) is 86.1. The first-order valence-electron chi connectivity index (χ1n) is 36.0. The van der Waals surface area contributed by atoms with Crippen LogP contribution in [0, 0.1) is 0 Å². The number of hydrogen-bond donors (Lipinski definition) is 0. The van der Waals surface area contributed by atoms with Crippen LogP contribution in [0.15, 0.2) is 36.5 Å². The molecule has 0 saturated heterocycles. The summed E-state index contributed by atoms with van der Waals surface area (Å²) < 4.78 is 17.0. The molecular weight excluding hydrogens is 985 g/mol. The highest BCUT2D eigenvalue weighted by Crippen LogP contribution is 2.19. The average molecular weight is 1120 g/mol. The number of carbonyl (C=O) groups excluding carboxylic acids is 3. The molecule has 0 aliphatic rings. The van der Waals surface area contributed by atoms with E-state index in [0.29, 0.717) is 19.3 Å². The molecule has 0 saturated carbocycles. The lowest BCUT2D eigenvalue weighted by Crippen LogP contribution is -2.30. The molecule has 0 aromatic heterocycles. The first-order valence-corrected chi connectivity index (χ1v) is 36.0. The molecule has 0 aliphatic carbocycles. The number of rotatable bonds is 67. The van der Waals surface area contributed by atoms with Crippen molar-refractivity contribution in [3.63, 3.8) is 0 Å². The fourth-order valence-corrected chi connectivity index (χ4v) is 10.9. The van der Waals surface area contributed by atoms with Crippen LogP contribution in [0.25, 0.3) is 0 Å². The van der Waals surface area contributed by atoms with Crippen molar-refractivity contribution in [3.8, 4) is 0 Å². The third kappa shape index (κ3) is 66.4. The van der Waals surface area contributed by atoms with Gasteiger partial charge in [-0.3, -0.25) is 14.4 Å². The van der Waals surface area contributed by atoms with Crippen LogP contribution < -0.4 is 0 Å². The minimum atomic E-state index is -0.776. The van der Waals surface area contributed by atoms with Crippen LogP contribution in [0.1, 0.15) is 400 Å². The SMILES string of the molecule is CCCCCC/C=C\CCCCCCCC(=O)OCC(COC(=O)CCCCCCCCCCCCCCCCCCCCCCCCCCCC)OC(=O)CCCCCCCCCCCCC/C=C\C/C=C\CCCCCCC. The van der Waals surface area contributed by atoms with Gasteiger partial charge in [-0.2, -0.15) is 0 Å². The highest BCUT2D eigenvalue weighted by Gasteiger charge is 2.19. The van der Waals surface area contributed by atoms with Gasteiger partial charge in [-0.1, -0.05) is 340 Å². The molecule has 0 heterocycles. The second kappa shape index (κ2) is 69.1. The minimum Gasteiger partial charge on any atom is -0.462 e. The molecule has 0 N–H and O–H groups in total. The molecule has 470 valence electrons. The third-order valence-electron chi connectivity index (χ3n) is 16.4. The molecule has 0 aromatic carbocycles. The zero-order valence-electron chi connectivity index (χ0n) is 54.1. The first kappa shape index (κ1) is 77.6. The van der Waals surface area contributed by atoms with Gasteiger partial charge in [-0.25, -0.2) is 0 Å². The van der Waals surface area contributed by atoms with Gasteiger partial charge in [0.15, 0.2) is 6.10 Å². The number of ether oxygens (including phenoxy) is 3. The maximum absolute atomic E-state index is 13.0. The molecular formula is C74H138O6. The molecule has 0 fully saturated rings. The van der Waals surface area contributed by atoms with E-state index in [1.807, 2.05) is 0 Å². The van der Waals surface area contributed by atoms with Crippen molar-refractivity contribution in [3.05, 3.63) is 36.5 Å². The lowest BCUT2D eigenvalue weighted by molar-refractivity contribution is -0.167. The van der Waals surface area contributed by atoms with Gasteiger partial charge in [0.2, 0.25) is 0 Å². The zero-order valence-corrected chi connectivity index (χ0v) is 54.1. The molecule has 0 spiro atoms. The molecule has 6 heteroatoms. The quantitative estimate of drug-likeness (QED) is 0.0261. The molecule has 0 aromatic rings. The van der Waals surface area contributed by atoms with Crippen LogP contribution in [0.4, 0.5) is 0 Å². The predicted molar refractivity (Wildman–Crippen MR) is 349 cm³/mol. The van der Waals surface area contributed by atoms with E-state index in [-0.39, 0.29) is 31.1 Å².